The van der Waals surface area contributed by atoms with Gasteiger partial charge < -0.3 is 9.64 Å². The van der Waals surface area contributed by atoms with E-state index in [4.69, 9.17) is 4.74 Å². The molecule has 1 aromatic heterocycles. The molecule has 140 valence electrons. The molecule has 3 rings (SSSR count). The van der Waals surface area contributed by atoms with Crippen LogP contribution in [0.4, 0.5) is 14.6 Å². The van der Waals surface area contributed by atoms with Gasteiger partial charge in [-0.15, -0.1) is 0 Å². The zero-order valence-electron chi connectivity index (χ0n) is 14.0. The molecule has 0 atom stereocenters. The van der Waals surface area contributed by atoms with Crippen molar-refractivity contribution in [2.75, 3.05) is 36.6 Å². The fraction of sp³-hybridized carbons (Fsp3) is 0.375. The van der Waals surface area contributed by atoms with Gasteiger partial charge in [-0.1, -0.05) is 23.9 Å². The SMILES string of the molecule is COc1cc(N2CCS(=O)(=O)CC2)nc(SCc2cccc(F)c2F)n1. The van der Waals surface area contributed by atoms with E-state index >= 15 is 0 Å². The van der Waals surface area contributed by atoms with Crippen LogP contribution in [0, 0.1) is 11.6 Å². The highest BCUT2D eigenvalue weighted by Crippen LogP contribution is 2.27. The number of nitrogens with zero attached hydrogens (tertiary/aromatic N) is 3. The van der Waals surface area contributed by atoms with Gasteiger partial charge in [0.25, 0.3) is 0 Å². The molecule has 26 heavy (non-hydrogen) atoms. The minimum absolute atomic E-state index is 0.0658. The van der Waals surface area contributed by atoms with Gasteiger partial charge in [-0.25, -0.2) is 22.2 Å². The zero-order chi connectivity index (χ0) is 18.7. The van der Waals surface area contributed by atoms with Crippen molar-refractivity contribution in [3.05, 3.63) is 41.5 Å². The maximum absolute atomic E-state index is 13.8. The number of ether oxygens (including phenoxy) is 1. The van der Waals surface area contributed by atoms with Gasteiger partial charge in [0.1, 0.15) is 5.82 Å². The molecule has 6 nitrogen and oxygen atoms in total. The highest BCUT2D eigenvalue weighted by molar-refractivity contribution is 7.98. The number of aromatic nitrogens is 2. The summed E-state index contributed by atoms with van der Waals surface area (Å²) in [5.74, 6) is -0.620. The Morgan fingerprint density at radius 2 is 1.96 bits per heavy atom. The topological polar surface area (TPSA) is 72.4 Å². The molecule has 1 aliphatic heterocycles. The van der Waals surface area contributed by atoms with Crippen molar-refractivity contribution in [3.8, 4) is 5.88 Å². The smallest absolute Gasteiger partial charge is 0.219 e. The normalized spacial score (nSPS) is 16.5. The summed E-state index contributed by atoms with van der Waals surface area (Å²) in [6, 6.07) is 5.64. The predicted molar refractivity (Wildman–Crippen MR) is 95.4 cm³/mol. The minimum Gasteiger partial charge on any atom is -0.481 e. The third kappa shape index (κ3) is 4.42. The van der Waals surface area contributed by atoms with E-state index in [-0.39, 0.29) is 22.8 Å². The molecule has 0 aliphatic carbocycles. The molecule has 0 spiro atoms. The molecule has 1 aliphatic rings. The van der Waals surface area contributed by atoms with Crippen molar-refractivity contribution in [1.29, 1.82) is 0 Å². The minimum atomic E-state index is -3.00. The Labute approximate surface area is 154 Å². The average molecular weight is 401 g/mol. The Balaban J connectivity index is 1.78. The molecule has 1 aromatic carbocycles. The summed E-state index contributed by atoms with van der Waals surface area (Å²) < 4.78 is 55.4. The summed E-state index contributed by atoms with van der Waals surface area (Å²) in [6.07, 6.45) is 0. The summed E-state index contributed by atoms with van der Waals surface area (Å²) in [7, 11) is -1.54. The number of halogens is 2. The van der Waals surface area contributed by atoms with Crippen LogP contribution < -0.4 is 9.64 Å². The molecule has 0 N–H and O–H groups in total. The van der Waals surface area contributed by atoms with E-state index in [0.29, 0.717) is 29.9 Å². The second kappa shape index (κ2) is 7.75. The highest BCUT2D eigenvalue weighted by atomic mass is 32.2. The molecule has 10 heteroatoms. The van der Waals surface area contributed by atoms with Gasteiger partial charge in [-0.2, -0.15) is 4.98 Å². The van der Waals surface area contributed by atoms with Crippen LogP contribution in [0.25, 0.3) is 0 Å². The second-order valence-corrected chi connectivity index (χ2v) is 8.94. The average Bonchev–Trinajstić information content (AvgIpc) is 2.62. The van der Waals surface area contributed by atoms with E-state index < -0.39 is 21.5 Å². The third-order valence-electron chi connectivity index (χ3n) is 3.93. The fourth-order valence-electron chi connectivity index (χ4n) is 2.47. The van der Waals surface area contributed by atoms with Gasteiger partial charge >= 0.3 is 0 Å². The largest absolute Gasteiger partial charge is 0.481 e. The molecular weight excluding hydrogens is 384 g/mol. The first-order valence-corrected chi connectivity index (χ1v) is 10.6. The quantitative estimate of drug-likeness (QED) is 0.562. The molecule has 2 aromatic rings. The lowest BCUT2D eigenvalue weighted by molar-refractivity contribution is 0.392. The van der Waals surface area contributed by atoms with E-state index in [1.807, 2.05) is 4.90 Å². The predicted octanol–water partition coefficient (Wildman–Crippen LogP) is 2.29. The van der Waals surface area contributed by atoms with Crippen molar-refractivity contribution in [3.63, 3.8) is 0 Å². The van der Waals surface area contributed by atoms with Crippen LogP contribution in [0.3, 0.4) is 0 Å². The molecule has 0 unspecified atom stereocenters. The van der Waals surface area contributed by atoms with Gasteiger partial charge in [0.2, 0.25) is 5.88 Å². The van der Waals surface area contributed by atoms with Gasteiger partial charge in [0.05, 0.1) is 18.6 Å². The summed E-state index contributed by atoms with van der Waals surface area (Å²) in [5.41, 5.74) is 0.215. The van der Waals surface area contributed by atoms with E-state index in [1.54, 1.807) is 6.07 Å². The van der Waals surface area contributed by atoms with Crippen LogP contribution in [0.5, 0.6) is 5.88 Å². The Morgan fingerprint density at radius 3 is 2.65 bits per heavy atom. The van der Waals surface area contributed by atoms with Crippen LogP contribution in [-0.4, -0.2) is 50.1 Å². The second-order valence-electron chi connectivity index (χ2n) is 5.69. The van der Waals surface area contributed by atoms with Crippen LogP contribution >= 0.6 is 11.8 Å². The maximum atomic E-state index is 13.8. The zero-order valence-corrected chi connectivity index (χ0v) is 15.6. The molecule has 0 radical (unpaired) electrons. The lowest BCUT2D eigenvalue weighted by Crippen LogP contribution is -2.40. The van der Waals surface area contributed by atoms with Gasteiger partial charge in [0, 0.05) is 30.5 Å². The van der Waals surface area contributed by atoms with Crippen molar-refractivity contribution in [2.24, 2.45) is 0 Å². The Morgan fingerprint density at radius 1 is 1.23 bits per heavy atom. The van der Waals surface area contributed by atoms with Crippen LogP contribution in [0.15, 0.2) is 29.4 Å². The molecule has 1 saturated heterocycles. The molecule has 0 amide bonds. The van der Waals surface area contributed by atoms with Crippen LogP contribution in [0.1, 0.15) is 5.56 Å². The monoisotopic (exact) mass is 401 g/mol. The number of hydrogen-bond donors (Lipinski definition) is 0. The van der Waals surface area contributed by atoms with E-state index in [9.17, 15) is 17.2 Å². The number of sulfone groups is 1. The van der Waals surface area contributed by atoms with Crippen LogP contribution in [-0.2, 0) is 15.6 Å². The van der Waals surface area contributed by atoms with Gasteiger partial charge in [-0.3, -0.25) is 0 Å². The fourth-order valence-corrected chi connectivity index (χ4v) is 4.49. The van der Waals surface area contributed by atoms with E-state index in [2.05, 4.69) is 9.97 Å². The first kappa shape index (κ1) is 18.8. The first-order chi connectivity index (χ1) is 12.4. The van der Waals surface area contributed by atoms with E-state index in [1.165, 1.54) is 19.2 Å². The Hall–Kier alpha value is -1.94. The summed E-state index contributed by atoms with van der Waals surface area (Å²) in [5, 5.41) is 0.344. The number of benzene rings is 1. The molecule has 0 saturated carbocycles. The van der Waals surface area contributed by atoms with Crippen LogP contribution in [0.2, 0.25) is 0 Å². The van der Waals surface area contributed by atoms with Crippen molar-refractivity contribution < 1.29 is 21.9 Å². The molecule has 0 bridgehead atoms. The lowest BCUT2D eigenvalue weighted by atomic mass is 10.2. The molecular formula is C16H17F2N3O3S2. The number of hydrogen-bond acceptors (Lipinski definition) is 7. The number of anilines is 1. The van der Waals surface area contributed by atoms with Gasteiger partial charge in [-0.05, 0) is 6.07 Å². The Bertz CT molecular complexity index is 896. The van der Waals surface area contributed by atoms with Gasteiger partial charge in [0.15, 0.2) is 26.6 Å². The standard InChI is InChI=1S/C16H17F2N3O3S2/c1-24-14-9-13(21-5-7-26(22,23)8-6-21)19-16(20-14)25-10-11-3-2-4-12(17)15(11)18/h2-4,9H,5-8,10H2,1H3. The third-order valence-corrected chi connectivity index (χ3v) is 6.44. The van der Waals surface area contributed by atoms with Crippen molar-refractivity contribution >= 4 is 27.4 Å². The summed E-state index contributed by atoms with van der Waals surface area (Å²) in [6.45, 7) is 0.677. The van der Waals surface area contributed by atoms with Crippen molar-refractivity contribution in [2.45, 2.75) is 10.9 Å². The maximum Gasteiger partial charge on any atom is 0.219 e. The highest BCUT2D eigenvalue weighted by Gasteiger charge is 2.23. The Kier molecular flexibility index (Phi) is 5.61. The van der Waals surface area contributed by atoms with Crippen molar-refractivity contribution in [1.82, 2.24) is 9.97 Å². The number of thioether (sulfide) groups is 1. The number of methoxy groups -OCH3 is 1. The lowest BCUT2D eigenvalue weighted by Gasteiger charge is -2.27. The molecule has 2 heterocycles. The summed E-state index contributed by atoms with van der Waals surface area (Å²) >= 11 is 1.15. The molecule has 1 fully saturated rings. The first-order valence-electron chi connectivity index (χ1n) is 7.82. The number of rotatable bonds is 5. The summed E-state index contributed by atoms with van der Waals surface area (Å²) in [4.78, 5) is 10.5. The van der Waals surface area contributed by atoms with E-state index in [0.717, 1.165) is 17.8 Å².